The van der Waals surface area contributed by atoms with Crippen LogP contribution < -0.4 is 9.47 Å². The predicted molar refractivity (Wildman–Crippen MR) is 76.0 cm³/mol. The highest BCUT2D eigenvalue weighted by Gasteiger charge is 2.14. The molecule has 5 heteroatoms. The molecule has 1 amide bonds. The third kappa shape index (κ3) is 3.30. The van der Waals surface area contributed by atoms with Crippen molar-refractivity contribution in [3.63, 3.8) is 0 Å². The second kappa shape index (κ2) is 6.96. The molecule has 108 valence electrons. The van der Waals surface area contributed by atoms with E-state index in [4.69, 9.17) is 14.2 Å². The fraction of sp³-hybridized carbons (Fsp3) is 0.400. The van der Waals surface area contributed by atoms with Gasteiger partial charge in [-0.1, -0.05) is 6.07 Å². The van der Waals surface area contributed by atoms with Crippen LogP contribution in [0.25, 0.3) is 6.08 Å². The molecule has 1 heterocycles. The molecule has 0 radical (unpaired) electrons. The third-order valence-electron chi connectivity index (χ3n) is 3.18. The molecule has 20 heavy (non-hydrogen) atoms. The van der Waals surface area contributed by atoms with Gasteiger partial charge in [0.15, 0.2) is 0 Å². The molecule has 0 atom stereocenters. The third-order valence-corrected chi connectivity index (χ3v) is 3.18. The van der Waals surface area contributed by atoms with E-state index in [9.17, 15) is 4.79 Å². The highest BCUT2D eigenvalue weighted by molar-refractivity contribution is 5.92. The molecule has 0 aromatic heterocycles. The van der Waals surface area contributed by atoms with Gasteiger partial charge in [0.2, 0.25) is 5.91 Å². The monoisotopic (exact) mass is 277 g/mol. The Morgan fingerprint density at radius 3 is 2.35 bits per heavy atom. The van der Waals surface area contributed by atoms with E-state index in [1.54, 1.807) is 31.3 Å². The Bertz CT molecular complexity index is 470. The molecule has 2 rings (SSSR count). The molecule has 0 saturated carbocycles. The first kappa shape index (κ1) is 14.4. The number of hydrogen-bond donors (Lipinski definition) is 0. The van der Waals surface area contributed by atoms with E-state index in [0.29, 0.717) is 37.8 Å². The highest BCUT2D eigenvalue weighted by atomic mass is 16.5. The van der Waals surface area contributed by atoms with Crippen LogP contribution in [0.3, 0.4) is 0 Å². The number of rotatable bonds is 4. The smallest absolute Gasteiger partial charge is 0.246 e. The molecule has 0 aliphatic carbocycles. The lowest BCUT2D eigenvalue weighted by Gasteiger charge is -2.25. The van der Waals surface area contributed by atoms with Crippen LogP contribution >= 0.6 is 0 Å². The van der Waals surface area contributed by atoms with E-state index < -0.39 is 0 Å². The van der Waals surface area contributed by atoms with Crippen molar-refractivity contribution in [2.45, 2.75) is 0 Å². The Morgan fingerprint density at radius 1 is 1.20 bits per heavy atom. The van der Waals surface area contributed by atoms with Crippen molar-refractivity contribution in [3.05, 3.63) is 29.8 Å². The van der Waals surface area contributed by atoms with Gasteiger partial charge in [-0.3, -0.25) is 4.79 Å². The Kier molecular flexibility index (Phi) is 5.01. The summed E-state index contributed by atoms with van der Waals surface area (Å²) in [5.41, 5.74) is 0.763. The summed E-state index contributed by atoms with van der Waals surface area (Å²) in [6.07, 6.45) is 3.28. The van der Waals surface area contributed by atoms with Crippen LogP contribution in [0.1, 0.15) is 5.56 Å². The summed E-state index contributed by atoms with van der Waals surface area (Å²) in [5.74, 6) is 1.33. The van der Waals surface area contributed by atoms with Crippen LogP contribution in [0.15, 0.2) is 24.3 Å². The fourth-order valence-corrected chi connectivity index (χ4v) is 2.09. The van der Waals surface area contributed by atoms with Crippen molar-refractivity contribution in [1.82, 2.24) is 4.90 Å². The van der Waals surface area contributed by atoms with Crippen LogP contribution in [0.2, 0.25) is 0 Å². The fourth-order valence-electron chi connectivity index (χ4n) is 2.09. The zero-order valence-electron chi connectivity index (χ0n) is 11.8. The molecular weight excluding hydrogens is 258 g/mol. The van der Waals surface area contributed by atoms with Crippen LogP contribution in [0.5, 0.6) is 11.5 Å². The molecule has 1 saturated heterocycles. The molecule has 1 aliphatic heterocycles. The molecule has 0 unspecified atom stereocenters. The average molecular weight is 277 g/mol. The van der Waals surface area contributed by atoms with Gasteiger partial charge in [0.25, 0.3) is 0 Å². The van der Waals surface area contributed by atoms with Crippen LogP contribution in [0, 0.1) is 0 Å². The van der Waals surface area contributed by atoms with Gasteiger partial charge < -0.3 is 19.1 Å². The minimum absolute atomic E-state index is 0.0266. The zero-order chi connectivity index (χ0) is 14.4. The largest absolute Gasteiger partial charge is 0.496 e. The van der Waals surface area contributed by atoms with Crippen LogP contribution in [-0.4, -0.2) is 51.3 Å². The molecule has 1 aromatic rings. The second-order valence-corrected chi connectivity index (χ2v) is 4.35. The minimum atomic E-state index is -0.0266. The molecule has 0 spiro atoms. The summed E-state index contributed by atoms with van der Waals surface area (Å²) in [7, 11) is 3.19. The lowest BCUT2D eigenvalue weighted by atomic mass is 10.1. The SMILES string of the molecule is COc1cccc(OC)c1/C=C/C(=O)N1CCOCC1. The van der Waals surface area contributed by atoms with Gasteiger partial charge in [0, 0.05) is 19.2 Å². The van der Waals surface area contributed by atoms with Crippen LogP contribution in [-0.2, 0) is 9.53 Å². The van der Waals surface area contributed by atoms with Crippen molar-refractivity contribution in [1.29, 1.82) is 0 Å². The Hall–Kier alpha value is -2.01. The summed E-state index contributed by atoms with van der Waals surface area (Å²) >= 11 is 0. The van der Waals surface area contributed by atoms with Gasteiger partial charge in [0.05, 0.1) is 33.0 Å². The van der Waals surface area contributed by atoms with Crippen LogP contribution in [0.4, 0.5) is 0 Å². The number of benzene rings is 1. The quantitative estimate of drug-likeness (QED) is 0.784. The first-order valence-electron chi connectivity index (χ1n) is 6.52. The van der Waals surface area contributed by atoms with E-state index in [1.807, 2.05) is 18.2 Å². The maximum absolute atomic E-state index is 12.1. The van der Waals surface area contributed by atoms with Crippen molar-refractivity contribution in [3.8, 4) is 11.5 Å². The standard InChI is InChI=1S/C15H19NO4/c1-18-13-4-3-5-14(19-2)12(13)6-7-15(17)16-8-10-20-11-9-16/h3-7H,8-11H2,1-2H3/b7-6+. The summed E-state index contributed by atoms with van der Waals surface area (Å²) in [5, 5.41) is 0. The van der Waals surface area contributed by atoms with Gasteiger partial charge in [0.1, 0.15) is 11.5 Å². The van der Waals surface area contributed by atoms with E-state index >= 15 is 0 Å². The topological polar surface area (TPSA) is 48.0 Å². The first-order chi connectivity index (χ1) is 9.76. The van der Waals surface area contributed by atoms with Crippen molar-refractivity contribution >= 4 is 12.0 Å². The number of hydrogen-bond acceptors (Lipinski definition) is 4. The molecule has 1 aromatic carbocycles. The summed E-state index contributed by atoms with van der Waals surface area (Å²) in [6, 6.07) is 5.52. The normalized spacial score (nSPS) is 15.4. The maximum Gasteiger partial charge on any atom is 0.246 e. The minimum Gasteiger partial charge on any atom is -0.496 e. The first-order valence-corrected chi connectivity index (χ1v) is 6.52. The number of carbonyl (C=O) groups is 1. The molecule has 5 nitrogen and oxygen atoms in total. The van der Waals surface area contributed by atoms with Crippen molar-refractivity contribution < 1.29 is 19.0 Å². The van der Waals surface area contributed by atoms with E-state index in [2.05, 4.69) is 0 Å². The number of amides is 1. The Balaban J connectivity index is 2.15. The number of carbonyl (C=O) groups excluding carboxylic acids is 1. The number of methoxy groups -OCH3 is 2. The Labute approximate surface area is 118 Å². The predicted octanol–water partition coefficient (Wildman–Crippen LogP) is 1.58. The number of ether oxygens (including phenoxy) is 3. The van der Waals surface area contributed by atoms with E-state index in [-0.39, 0.29) is 5.91 Å². The lowest BCUT2D eigenvalue weighted by molar-refractivity contribution is -0.129. The summed E-state index contributed by atoms with van der Waals surface area (Å²) in [6.45, 7) is 2.45. The van der Waals surface area contributed by atoms with Gasteiger partial charge in [-0.2, -0.15) is 0 Å². The average Bonchev–Trinajstić information content (AvgIpc) is 2.52. The molecule has 1 aliphatic rings. The Morgan fingerprint density at radius 2 is 1.80 bits per heavy atom. The number of morpholine rings is 1. The molecular formula is C15H19NO4. The zero-order valence-corrected chi connectivity index (χ0v) is 11.8. The van der Waals surface area contributed by atoms with Gasteiger partial charge >= 0.3 is 0 Å². The summed E-state index contributed by atoms with van der Waals surface area (Å²) < 4.78 is 15.8. The second-order valence-electron chi connectivity index (χ2n) is 4.35. The van der Waals surface area contributed by atoms with E-state index in [0.717, 1.165) is 5.56 Å². The molecule has 1 fully saturated rings. The van der Waals surface area contributed by atoms with E-state index in [1.165, 1.54) is 0 Å². The van der Waals surface area contributed by atoms with Gasteiger partial charge in [-0.15, -0.1) is 0 Å². The van der Waals surface area contributed by atoms with Gasteiger partial charge in [-0.25, -0.2) is 0 Å². The maximum atomic E-state index is 12.1. The molecule has 0 bridgehead atoms. The molecule has 0 N–H and O–H groups in total. The van der Waals surface area contributed by atoms with Gasteiger partial charge in [-0.05, 0) is 18.2 Å². The lowest BCUT2D eigenvalue weighted by Crippen LogP contribution is -2.39. The van der Waals surface area contributed by atoms with Crippen molar-refractivity contribution in [2.24, 2.45) is 0 Å². The van der Waals surface area contributed by atoms with Crippen molar-refractivity contribution in [2.75, 3.05) is 40.5 Å². The highest BCUT2D eigenvalue weighted by Crippen LogP contribution is 2.29. The summed E-state index contributed by atoms with van der Waals surface area (Å²) in [4.78, 5) is 13.8. The number of nitrogens with zero attached hydrogens (tertiary/aromatic N) is 1.